The number of amides is 3. The van der Waals surface area contributed by atoms with Crippen molar-refractivity contribution < 1.29 is 14.7 Å². The third-order valence-corrected chi connectivity index (χ3v) is 3.73. The number of carbonyl (C=O) groups excluding carboxylic acids is 2. The first-order chi connectivity index (χ1) is 9.25. The molecule has 5 nitrogen and oxygen atoms in total. The second kappa shape index (κ2) is 4.90. The van der Waals surface area contributed by atoms with Crippen molar-refractivity contribution in [2.45, 2.75) is 38.3 Å². The normalized spacial score (nSPS) is 23.1. The quantitative estimate of drug-likeness (QED) is 0.821. The first-order valence-corrected chi connectivity index (χ1v) is 6.66. The Morgan fingerprint density at radius 1 is 1.25 bits per heavy atom. The van der Waals surface area contributed by atoms with Gasteiger partial charge in [-0.2, -0.15) is 0 Å². The summed E-state index contributed by atoms with van der Waals surface area (Å²) in [5, 5.41) is 12.2. The fourth-order valence-corrected chi connectivity index (χ4v) is 2.37. The van der Waals surface area contributed by atoms with Gasteiger partial charge >= 0.3 is 6.03 Å². The van der Waals surface area contributed by atoms with Crippen LogP contribution in [0.3, 0.4) is 0 Å². The highest BCUT2D eigenvalue weighted by molar-refractivity contribution is 6.07. The third-order valence-electron chi connectivity index (χ3n) is 3.73. The zero-order valence-electron chi connectivity index (χ0n) is 12.0. The van der Waals surface area contributed by atoms with Crippen LogP contribution < -0.4 is 5.32 Å². The molecule has 1 saturated heterocycles. The van der Waals surface area contributed by atoms with Crippen molar-refractivity contribution in [3.8, 4) is 0 Å². The molecule has 20 heavy (non-hydrogen) atoms. The van der Waals surface area contributed by atoms with Crippen molar-refractivity contribution >= 4 is 11.9 Å². The molecule has 1 atom stereocenters. The molecule has 3 amide bonds. The maximum absolute atomic E-state index is 12.2. The number of aliphatic hydroxyl groups is 1. The molecule has 0 aromatic heterocycles. The number of nitrogens with one attached hydrogen (secondary N) is 1. The van der Waals surface area contributed by atoms with Crippen molar-refractivity contribution in [3.63, 3.8) is 0 Å². The SMILES string of the molecule is CC(C)(O)CCN1C(=O)NC(=O)C1(C)c1ccccc1. The Morgan fingerprint density at radius 3 is 2.40 bits per heavy atom. The largest absolute Gasteiger partial charge is 0.390 e. The van der Waals surface area contributed by atoms with E-state index in [1.165, 1.54) is 4.90 Å². The molecule has 1 heterocycles. The minimum Gasteiger partial charge on any atom is -0.390 e. The van der Waals surface area contributed by atoms with Crippen LogP contribution in [-0.4, -0.2) is 34.1 Å². The van der Waals surface area contributed by atoms with E-state index < -0.39 is 17.2 Å². The van der Waals surface area contributed by atoms with Gasteiger partial charge in [-0.1, -0.05) is 30.3 Å². The van der Waals surface area contributed by atoms with Crippen LogP contribution in [-0.2, 0) is 10.3 Å². The number of urea groups is 1. The van der Waals surface area contributed by atoms with Crippen molar-refractivity contribution in [2.75, 3.05) is 6.54 Å². The highest BCUT2D eigenvalue weighted by atomic mass is 16.3. The molecule has 1 aliphatic heterocycles. The molecule has 0 bridgehead atoms. The molecule has 5 heteroatoms. The molecule has 1 aromatic carbocycles. The highest BCUT2D eigenvalue weighted by Gasteiger charge is 2.50. The van der Waals surface area contributed by atoms with Gasteiger partial charge in [0.05, 0.1) is 5.60 Å². The zero-order chi connectivity index (χ0) is 15.0. The second-order valence-corrected chi connectivity index (χ2v) is 5.91. The standard InChI is InChI=1S/C15H20N2O3/c1-14(2,20)9-10-17-13(19)16-12(18)15(17,3)11-7-5-4-6-8-11/h4-8,20H,9-10H2,1-3H3,(H,16,18,19). The Bertz CT molecular complexity index is 522. The lowest BCUT2D eigenvalue weighted by Gasteiger charge is -2.33. The summed E-state index contributed by atoms with van der Waals surface area (Å²) in [5.74, 6) is -0.329. The van der Waals surface area contributed by atoms with Gasteiger partial charge in [0.25, 0.3) is 5.91 Å². The van der Waals surface area contributed by atoms with Gasteiger partial charge in [-0.25, -0.2) is 4.79 Å². The maximum Gasteiger partial charge on any atom is 0.325 e. The summed E-state index contributed by atoms with van der Waals surface area (Å²) in [6.07, 6.45) is 0.399. The van der Waals surface area contributed by atoms with Gasteiger partial charge in [-0.05, 0) is 32.8 Å². The van der Waals surface area contributed by atoms with Crippen molar-refractivity contribution in [3.05, 3.63) is 35.9 Å². The molecule has 0 saturated carbocycles. The van der Waals surface area contributed by atoms with Crippen LogP contribution in [0.4, 0.5) is 4.79 Å². The molecule has 0 aliphatic carbocycles. The van der Waals surface area contributed by atoms with E-state index in [-0.39, 0.29) is 5.91 Å². The van der Waals surface area contributed by atoms with Crippen molar-refractivity contribution in [2.24, 2.45) is 0 Å². The summed E-state index contributed by atoms with van der Waals surface area (Å²) in [6, 6.07) is 8.79. The summed E-state index contributed by atoms with van der Waals surface area (Å²) in [7, 11) is 0. The highest BCUT2D eigenvalue weighted by Crippen LogP contribution is 2.33. The summed E-state index contributed by atoms with van der Waals surface area (Å²) in [5.41, 5.74) is -1.15. The van der Waals surface area contributed by atoms with Gasteiger partial charge in [0.2, 0.25) is 0 Å². The number of imide groups is 1. The predicted molar refractivity (Wildman–Crippen MR) is 75.0 cm³/mol. The van der Waals surface area contributed by atoms with E-state index in [1.54, 1.807) is 20.8 Å². The maximum atomic E-state index is 12.2. The van der Waals surface area contributed by atoms with Gasteiger partial charge in [0.15, 0.2) is 0 Å². The molecular weight excluding hydrogens is 256 g/mol. The molecule has 1 fully saturated rings. The molecule has 1 unspecified atom stereocenters. The van der Waals surface area contributed by atoms with Crippen LogP contribution in [0, 0.1) is 0 Å². The number of carbonyl (C=O) groups is 2. The van der Waals surface area contributed by atoms with E-state index in [0.717, 1.165) is 5.56 Å². The molecule has 0 spiro atoms. The lowest BCUT2D eigenvalue weighted by Crippen LogP contribution is -2.46. The van der Waals surface area contributed by atoms with Gasteiger partial charge in [-0.3, -0.25) is 10.1 Å². The molecule has 108 valence electrons. The van der Waals surface area contributed by atoms with Gasteiger partial charge in [-0.15, -0.1) is 0 Å². The van der Waals surface area contributed by atoms with Crippen LogP contribution in [0.5, 0.6) is 0 Å². The topological polar surface area (TPSA) is 69.6 Å². The fraction of sp³-hybridized carbons (Fsp3) is 0.467. The monoisotopic (exact) mass is 276 g/mol. The van der Waals surface area contributed by atoms with E-state index >= 15 is 0 Å². The smallest absolute Gasteiger partial charge is 0.325 e. The Labute approximate surface area is 118 Å². The van der Waals surface area contributed by atoms with Gasteiger partial charge in [0.1, 0.15) is 5.54 Å². The van der Waals surface area contributed by atoms with Crippen molar-refractivity contribution in [1.82, 2.24) is 10.2 Å². The van der Waals surface area contributed by atoms with Gasteiger partial charge in [0, 0.05) is 6.54 Å². The van der Waals surface area contributed by atoms with Gasteiger partial charge < -0.3 is 10.0 Å². The second-order valence-electron chi connectivity index (χ2n) is 5.91. The Kier molecular flexibility index (Phi) is 3.56. The Morgan fingerprint density at radius 2 is 1.85 bits per heavy atom. The molecule has 1 aliphatic rings. The average molecular weight is 276 g/mol. The predicted octanol–water partition coefficient (Wildman–Crippen LogP) is 1.61. The van der Waals surface area contributed by atoms with Crippen LogP contribution in [0.2, 0.25) is 0 Å². The zero-order valence-corrected chi connectivity index (χ0v) is 12.0. The Hall–Kier alpha value is -1.88. The van der Waals surface area contributed by atoms with Crippen LogP contribution >= 0.6 is 0 Å². The number of benzene rings is 1. The fourth-order valence-electron chi connectivity index (χ4n) is 2.37. The molecular formula is C15H20N2O3. The minimum atomic E-state index is -1.02. The van der Waals surface area contributed by atoms with E-state index in [1.807, 2.05) is 30.3 Å². The number of hydrogen-bond donors (Lipinski definition) is 2. The molecule has 2 rings (SSSR count). The Balaban J connectivity index is 2.33. The van der Waals surface area contributed by atoms with Crippen LogP contribution in [0.15, 0.2) is 30.3 Å². The average Bonchev–Trinajstić information content (AvgIpc) is 2.59. The minimum absolute atomic E-state index is 0.312. The first-order valence-electron chi connectivity index (χ1n) is 6.66. The van der Waals surface area contributed by atoms with Crippen LogP contribution in [0.25, 0.3) is 0 Å². The van der Waals surface area contributed by atoms with Crippen molar-refractivity contribution in [1.29, 1.82) is 0 Å². The number of nitrogens with zero attached hydrogens (tertiary/aromatic N) is 1. The summed E-state index contributed by atoms with van der Waals surface area (Å²) >= 11 is 0. The number of rotatable bonds is 4. The van der Waals surface area contributed by atoms with E-state index in [2.05, 4.69) is 5.32 Å². The molecule has 0 radical (unpaired) electrons. The summed E-state index contributed by atoms with van der Waals surface area (Å²) < 4.78 is 0. The number of hydrogen-bond acceptors (Lipinski definition) is 3. The summed E-state index contributed by atoms with van der Waals surface area (Å²) in [4.78, 5) is 25.7. The molecule has 2 N–H and O–H groups in total. The lowest BCUT2D eigenvalue weighted by molar-refractivity contribution is -0.126. The van der Waals surface area contributed by atoms with E-state index in [9.17, 15) is 14.7 Å². The molecule has 1 aromatic rings. The van der Waals surface area contributed by atoms with E-state index in [4.69, 9.17) is 0 Å². The summed E-state index contributed by atoms with van der Waals surface area (Å²) in [6.45, 7) is 5.41. The first kappa shape index (κ1) is 14.5. The lowest BCUT2D eigenvalue weighted by atomic mass is 9.90. The van der Waals surface area contributed by atoms with E-state index in [0.29, 0.717) is 13.0 Å². The third kappa shape index (κ3) is 2.54. The van der Waals surface area contributed by atoms with Crippen LogP contribution in [0.1, 0.15) is 32.8 Å².